The minimum Gasteiger partial charge on any atom is -0.214 e. The summed E-state index contributed by atoms with van der Waals surface area (Å²) in [6, 6.07) is 0. The van der Waals surface area contributed by atoms with E-state index in [0.717, 1.165) is 8.84 Å². The van der Waals surface area contributed by atoms with Gasteiger partial charge < -0.3 is 0 Å². The molecule has 0 N–H and O–H groups in total. The molecule has 0 unspecified atom stereocenters. The second-order valence-corrected chi connectivity index (χ2v) is 4.84. The first kappa shape index (κ1) is 8.39. The summed E-state index contributed by atoms with van der Waals surface area (Å²) >= 11 is 3.62. The lowest BCUT2D eigenvalue weighted by atomic mass is 9.98. The van der Waals surface area contributed by atoms with Gasteiger partial charge in [-0.3, -0.25) is 0 Å². The van der Waals surface area contributed by atoms with Gasteiger partial charge >= 0.3 is 0 Å². The van der Waals surface area contributed by atoms with Crippen molar-refractivity contribution in [1.29, 1.82) is 0 Å². The molecule has 0 aliphatic rings. The fraction of sp³-hybridized carbons (Fsp3) is 0.667. The smallest absolute Gasteiger partial charge is 0.203 e. The van der Waals surface area contributed by atoms with Gasteiger partial charge in [0.2, 0.25) is 3.83 Å². The lowest BCUT2D eigenvalue weighted by Crippen LogP contribution is -2.10. The highest BCUT2D eigenvalue weighted by Gasteiger charge is 2.18. The first-order valence-corrected chi connectivity index (χ1v) is 4.85. The van der Waals surface area contributed by atoms with Crippen molar-refractivity contribution in [2.75, 3.05) is 0 Å². The van der Waals surface area contributed by atoms with Gasteiger partial charge in [-0.25, -0.2) is 4.98 Å². The van der Waals surface area contributed by atoms with Crippen LogP contribution in [-0.2, 0) is 5.41 Å². The Hall–Kier alpha value is 0.290. The maximum absolute atomic E-state index is 4.28. The summed E-state index contributed by atoms with van der Waals surface area (Å²) in [7, 11) is 0. The van der Waals surface area contributed by atoms with E-state index in [4.69, 9.17) is 0 Å². The van der Waals surface area contributed by atoms with Crippen molar-refractivity contribution in [3.63, 3.8) is 0 Å². The summed E-state index contributed by atoms with van der Waals surface area (Å²) in [5.74, 6) is 0. The van der Waals surface area contributed by atoms with Crippen molar-refractivity contribution in [1.82, 2.24) is 9.36 Å². The van der Waals surface area contributed by atoms with Crippen LogP contribution in [0.25, 0.3) is 0 Å². The second-order valence-electron chi connectivity index (χ2n) is 3.12. The van der Waals surface area contributed by atoms with Crippen LogP contribution < -0.4 is 0 Å². The van der Waals surface area contributed by atoms with Crippen LogP contribution in [0.5, 0.6) is 0 Å². The third kappa shape index (κ3) is 1.88. The normalized spacial score (nSPS) is 12.0. The fourth-order valence-corrected chi connectivity index (χ4v) is 1.81. The SMILES string of the molecule is CC(C)(C)c1nc(I)ns1. The maximum atomic E-state index is 4.28. The Morgan fingerprint density at radius 1 is 1.40 bits per heavy atom. The number of hydrogen-bond acceptors (Lipinski definition) is 3. The van der Waals surface area contributed by atoms with Crippen LogP contribution in [0.4, 0.5) is 0 Å². The van der Waals surface area contributed by atoms with Crippen molar-refractivity contribution in [3.8, 4) is 0 Å². The minimum absolute atomic E-state index is 0.154. The standard InChI is InChI=1S/C6H9IN2S/c1-6(2,3)4-8-5(7)9-10-4/h1-3H3. The van der Waals surface area contributed by atoms with E-state index in [0.29, 0.717) is 0 Å². The molecule has 0 aliphatic heterocycles. The average Bonchev–Trinajstić information content (AvgIpc) is 2.11. The van der Waals surface area contributed by atoms with Crippen LogP contribution >= 0.6 is 34.1 Å². The van der Waals surface area contributed by atoms with Crippen molar-refractivity contribution < 1.29 is 0 Å². The van der Waals surface area contributed by atoms with Gasteiger partial charge in [-0.1, -0.05) is 20.8 Å². The molecule has 2 nitrogen and oxygen atoms in total. The Morgan fingerprint density at radius 3 is 2.20 bits per heavy atom. The lowest BCUT2D eigenvalue weighted by Gasteiger charge is -2.12. The molecule has 1 aromatic heterocycles. The molecule has 1 rings (SSSR count). The van der Waals surface area contributed by atoms with Gasteiger partial charge in [0.05, 0.1) is 0 Å². The van der Waals surface area contributed by atoms with Gasteiger partial charge in [-0.15, -0.1) is 0 Å². The van der Waals surface area contributed by atoms with E-state index in [9.17, 15) is 0 Å². The highest BCUT2D eigenvalue weighted by Crippen LogP contribution is 2.23. The molecule has 0 radical (unpaired) electrons. The summed E-state index contributed by atoms with van der Waals surface area (Å²) in [4.78, 5) is 4.28. The molecular formula is C6H9IN2S. The Bertz CT molecular complexity index is 226. The van der Waals surface area contributed by atoms with Crippen LogP contribution in [-0.4, -0.2) is 9.36 Å². The maximum Gasteiger partial charge on any atom is 0.203 e. The van der Waals surface area contributed by atoms with E-state index in [1.807, 2.05) is 0 Å². The highest BCUT2D eigenvalue weighted by molar-refractivity contribution is 14.1. The van der Waals surface area contributed by atoms with Crippen molar-refractivity contribution in [2.24, 2.45) is 0 Å². The summed E-state index contributed by atoms with van der Waals surface area (Å²) in [6.45, 7) is 6.43. The third-order valence-electron chi connectivity index (χ3n) is 1.04. The molecule has 10 heavy (non-hydrogen) atoms. The van der Waals surface area contributed by atoms with E-state index in [-0.39, 0.29) is 5.41 Å². The molecule has 0 aliphatic carbocycles. The van der Waals surface area contributed by atoms with Gasteiger partial charge in [0.1, 0.15) is 5.01 Å². The topological polar surface area (TPSA) is 25.8 Å². The van der Waals surface area contributed by atoms with Crippen LogP contribution in [0.1, 0.15) is 25.8 Å². The minimum atomic E-state index is 0.154. The van der Waals surface area contributed by atoms with Gasteiger partial charge in [0.15, 0.2) is 0 Å². The van der Waals surface area contributed by atoms with Gasteiger partial charge in [-0.05, 0) is 11.5 Å². The van der Waals surface area contributed by atoms with E-state index >= 15 is 0 Å². The van der Waals surface area contributed by atoms with Crippen molar-refractivity contribution in [3.05, 3.63) is 8.84 Å². The van der Waals surface area contributed by atoms with Crippen LogP contribution in [0.15, 0.2) is 0 Å². The molecule has 0 atom stereocenters. The summed E-state index contributed by atoms with van der Waals surface area (Å²) in [5, 5.41) is 1.11. The van der Waals surface area contributed by atoms with E-state index in [2.05, 4.69) is 52.7 Å². The molecular weight excluding hydrogens is 259 g/mol. The van der Waals surface area contributed by atoms with E-state index in [1.54, 1.807) is 0 Å². The van der Waals surface area contributed by atoms with Crippen LogP contribution in [0.2, 0.25) is 0 Å². The number of nitrogens with zero attached hydrogens (tertiary/aromatic N) is 2. The molecule has 0 bridgehead atoms. The Kier molecular flexibility index (Phi) is 2.29. The summed E-state index contributed by atoms with van der Waals surface area (Å²) < 4.78 is 4.95. The largest absolute Gasteiger partial charge is 0.214 e. The number of rotatable bonds is 0. The number of halogens is 1. The van der Waals surface area contributed by atoms with Crippen LogP contribution in [0, 0.1) is 3.83 Å². The van der Waals surface area contributed by atoms with E-state index in [1.165, 1.54) is 11.5 Å². The zero-order chi connectivity index (χ0) is 7.78. The van der Waals surface area contributed by atoms with E-state index < -0.39 is 0 Å². The highest BCUT2D eigenvalue weighted by atomic mass is 127. The quantitative estimate of drug-likeness (QED) is 0.675. The van der Waals surface area contributed by atoms with Crippen LogP contribution in [0.3, 0.4) is 0 Å². The molecule has 4 heteroatoms. The molecule has 1 aromatic rings. The fourth-order valence-electron chi connectivity index (χ4n) is 0.510. The summed E-state index contributed by atoms with van der Waals surface area (Å²) in [6.07, 6.45) is 0. The Morgan fingerprint density at radius 2 is 2.00 bits per heavy atom. The molecule has 0 spiro atoms. The number of hydrogen-bond donors (Lipinski definition) is 0. The average molecular weight is 268 g/mol. The zero-order valence-corrected chi connectivity index (χ0v) is 9.15. The van der Waals surface area contributed by atoms with Crippen molar-refractivity contribution >= 4 is 34.1 Å². The predicted molar refractivity (Wildman–Crippen MR) is 51.3 cm³/mol. The van der Waals surface area contributed by atoms with Gasteiger partial charge in [0.25, 0.3) is 0 Å². The molecule has 0 saturated carbocycles. The first-order chi connectivity index (χ1) is 4.50. The molecule has 56 valence electrons. The molecule has 0 fully saturated rings. The second kappa shape index (κ2) is 2.73. The number of aromatic nitrogens is 2. The zero-order valence-electron chi connectivity index (χ0n) is 6.18. The summed E-state index contributed by atoms with van der Waals surface area (Å²) in [5.41, 5.74) is 0.154. The van der Waals surface area contributed by atoms with Gasteiger partial charge in [0, 0.05) is 28.0 Å². The molecule has 1 heterocycles. The van der Waals surface area contributed by atoms with Crippen molar-refractivity contribution in [2.45, 2.75) is 26.2 Å². The Balaban J connectivity index is 2.96. The lowest BCUT2D eigenvalue weighted by molar-refractivity contribution is 0.584. The molecule has 0 amide bonds. The monoisotopic (exact) mass is 268 g/mol. The third-order valence-corrected chi connectivity index (χ3v) is 2.99. The Labute approximate surface area is 78.4 Å². The predicted octanol–water partition coefficient (Wildman–Crippen LogP) is 2.44. The van der Waals surface area contributed by atoms with Gasteiger partial charge in [-0.2, -0.15) is 4.37 Å². The molecule has 0 aromatic carbocycles. The molecule has 0 saturated heterocycles. The first-order valence-electron chi connectivity index (χ1n) is 3.00.